The molecule has 0 aromatic heterocycles. The molecule has 1 atom stereocenters. The van der Waals surface area contributed by atoms with E-state index in [4.69, 9.17) is 4.74 Å². The maximum atomic E-state index is 13.9. The summed E-state index contributed by atoms with van der Waals surface area (Å²) < 4.78 is 73.4. The molecule has 8 heteroatoms. The Bertz CT molecular complexity index is 854. The Morgan fingerprint density at radius 3 is 2.03 bits per heavy atom. The quantitative estimate of drug-likeness (QED) is 0.334. The van der Waals surface area contributed by atoms with Crippen molar-refractivity contribution >= 4 is 9.52 Å². The van der Waals surface area contributed by atoms with Gasteiger partial charge in [-0.25, -0.2) is 8.78 Å². The van der Waals surface area contributed by atoms with Crippen LogP contribution in [-0.2, 0) is 17.6 Å². The summed E-state index contributed by atoms with van der Waals surface area (Å²) in [7, 11) is 1.58. The number of rotatable bonds is 8. The summed E-state index contributed by atoms with van der Waals surface area (Å²) in [6.07, 6.45) is 0.610. The van der Waals surface area contributed by atoms with E-state index in [1.54, 1.807) is 7.11 Å². The lowest BCUT2D eigenvalue weighted by atomic mass is 9.83. The first-order valence-electron chi connectivity index (χ1n) is 11.0. The van der Waals surface area contributed by atoms with Crippen molar-refractivity contribution < 1.29 is 31.4 Å². The number of benzene rings is 2. The molecule has 32 heavy (non-hydrogen) atoms. The molecule has 1 aliphatic carbocycles. The number of hydrogen-bond donors (Lipinski definition) is 0. The van der Waals surface area contributed by atoms with E-state index in [2.05, 4.69) is 23.8 Å². The van der Waals surface area contributed by atoms with Gasteiger partial charge in [0.2, 0.25) is 5.75 Å². The van der Waals surface area contributed by atoms with Crippen LogP contribution in [0.5, 0.6) is 5.75 Å². The summed E-state index contributed by atoms with van der Waals surface area (Å²) in [6, 6.07) is 10.1. The third kappa shape index (κ3) is 7.03. The number of ether oxygens (including phenoxy) is 2. The Kier molecular flexibility index (Phi) is 8.33. The Hall–Kier alpha value is -1.93. The van der Waals surface area contributed by atoms with Crippen LogP contribution in [0.4, 0.5) is 22.0 Å². The zero-order valence-electron chi connectivity index (χ0n) is 18.4. The van der Waals surface area contributed by atoms with Crippen LogP contribution in [-0.4, -0.2) is 28.7 Å². The average Bonchev–Trinajstić information content (AvgIpc) is 2.75. The van der Waals surface area contributed by atoms with Crippen LogP contribution in [0.25, 0.3) is 0 Å². The van der Waals surface area contributed by atoms with Crippen LogP contribution in [0.1, 0.15) is 55.2 Å². The zero-order valence-corrected chi connectivity index (χ0v) is 19.8. The molecule has 1 saturated carbocycles. The molecule has 0 aliphatic heterocycles. The molecule has 2 aromatic carbocycles. The molecule has 0 bridgehead atoms. The first-order chi connectivity index (χ1) is 15.1. The average molecular weight is 473 g/mol. The molecule has 0 heterocycles. The van der Waals surface area contributed by atoms with Crippen molar-refractivity contribution in [2.45, 2.75) is 69.0 Å². The molecule has 1 unspecified atom stereocenters. The molecule has 2 aromatic rings. The predicted molar refractivity (Wildman–Crippen MR) is 117 cm³/mol. The molecule has 0 radical (unpaired) electrons. The molecule has 0 spiro atoms. The van der Waals surface area contributed by atoms with Crippen LogP contribution in [0.3, 0.4) is 0 Å². The van der Waals surface area contributed by atoms with Crippen molar-refractivity contribution in [3.05, 3.63) is 64.7 Å². The van der Waals surface area contributed by atoms with E-state index in [1.807, 2.05) is 12.1 Å². The smallest absolute Gasteiger partial charge is 0.399 e. The van der Waals surface area contributed by atoms with Gasteiger partial charge in [-0.05, 0) is 72.9 Å². The second kappa shape index (κ2) is 10.8. The summed E-state index contributed by atoms with van der Waals surface area (Å²) in [5.74, 6) is -3.56. The lowest BCUT2D eigenvalue weighted by Gasteiger charge is -2.30. The fourth-order valence-electron chi connectivity index (χ4n) is 4.51. The van der Waals surface area contributed by atoms with Crippen LogP contribution in [0, 0.1) is 11.6 Å². The van der Waals surface area contributed by atoms with E-state index in [1.165, 1.54) is 31.2 Å². The fraction of sp³-hybridized carbons (Fsp3) is 0.500. The van der Waals surface area contributed by atoms with Gasteiger partial charge in [-0.3, -0.25) is 0 Å². The number of aryl methyl sites for hydroxylation is 2. The highest BCUT2D eigenvalue weighted by molar-refractivity contribution is 6.39. The van der Waals surface area contributed by atoms with Crippen molar-refractivity contribution in [1.29, 1.82) is 0 Å². The van der Waals surface area contributed by atoms with E-state index in [-0.39, 0.29) is 15.1 Å². The van der Waals surface area contributed by atoms with Gasteiger partial charge in [-0.15, -0.1) is 13.2 Å². The molecule has 1 fully saturated rings. The number of methoxy groups -OCH3 is 1. The lowest BCUT2D eigenvalue weighted by Crippen LogP contribution is -2.23. The molecule has 0 amide bonds. The zero-order chi connectivity index (χ0) is 23.3. The third-order valence-electron chi connectivity index (χ3n) is 6.34. The van der Waals surface area contributed by atoms with Gasteiger partial charge >= 0.3 is 6.36 Å². The van der Waals surface area contributed by atoms with Gasteiger partial charge in [-0.2, -0.15) is 0 Å². The van der Waals surface area contributed by atoms with Crippen LogP contribution >= 0.6 is 0 Å². The van der Waals surface area contributed by atoms with Gasteiger partial charge in [0, 0.05) is 12.8 Å². The van der Waals surface area contributed by atoms with Gasteiger partial charge in [0.1, 0.15) is 0 Å². The van der Waals surface area contributed by atoms with Gasteiger partial charge in [0.05, 0.1) is 9.52 Å². The van der Waals surface area contributed by atoms with Crippen LogP contribution in [0.15, 0.2) is 36.4 Å². The highest BCUT2D eigenvalue weighted by Crippen LogP contribution is 2.38. The van der Waals surface area contributed by atoms with Gasteiger partial charge in [0.15, 0.2) is 11.6 Å². The first kappa shape index (κ1) is 24.7. The minimum absolute atomic E-state index is 0.208. The van der Waals surface area contributed by atoms with E-state index < -0.39 is 23.7 Å². The van der Waals surface area contributed by atoms with Gasteiger partial charge in [0.25, 0.3) is 0 Å². The molecular formula is C24H29F5O2Si. The van der Waals surface area contributed by atoms with E-state index in [0.29, 0.717) is 24.5 Å². The first-order valence-corrected chi connectivity index (χ1v) is 12.6. The SMILES string of the molecule is COC(C)[SiH2][C@H]1CC[C@H](c2ccc(CCc3cc(F)c(OC(F)(F)F)c(F)c3)cc2)CC1. The molecule has 2 nitrogen and oxygen atoms in total. The Morgan fingerprint density at radius 1 is 0.938 bits per heavy atom. The molecule has 3 rings (SSSR count). The summed E-state index contributed by atoms with van der Waals surface area (Å²) >= 11 is 0. The largest absolute Gasteiger partial charge is 0.573 e. The van der Waals surface area contributed by atoms with E-state index in [0.717, 1.165) is 23.2 Å². The Labute approximate surface area is 187 Å². The molecule has 0 saturated heterocycles. The maximum Gasteiger partial charge on any atom is 0.573 e. The fourth-order valence-corrected chi connectivity index (χ4v) is 6.59. The molecule has 1 aliphatic rings. The maximum absolute atomic E-state index is 13.9. The van der Waals surface area contributed by atoms with Gasteiger partial charge in [-0.1, -0.05) is 37.1 Å². The molecule has 0 N–H and O–H groups in total. The Morgan fingerprint density at radius 2 is 1.50 bits per heavy atom. The van der Waals surface area contributed by atoms with Crippen molar-refractivity contribution in [3.8, 4) is 5.75 Å². The van der Waals surface area contributed by atoms with Gasteiger partial charge < -0.3 is 9.47 Å². The van der Waals surface area contributed by atoms with E-state index >= 15 is 0 Å². The van der Waals surface area contributed by atoms with Crippen molar-refractivity contribution in [2.24, 2.45) is 0 Å². The van der Waals surface area contributed by atoms with Crippen LogP contribution in [0.2, 0.25) is 5.54 Å². The Balaban J connectivity index is 1.53. The number of hydrogen-bond acceptors (Lipinski definition) is 2. The predicted octanol–water partition coefficient (Wildman–Crippen LogP) is 6.26. The highest BCUT2D eigenvalue weighted by atomic mass is 28.2. The third-order valence-corrected chi connectivity index (χ3v) is 8.82. The minimum atomic E-state index is -5.14. The monoisotopic (exact) mass is 472 g/mol. The second-order valence-corrected chi connectivity index (χ2v) is 11.5. The standard InChI is InChI=1S/C24H29F5O2Si/c1-15(30-2)32-20-11-9-19(10-12-20)18-7-5-16(6-8-18)3-4-17-13-21(25)23(22(26)14-17)31-24(27,28)29/h5-8,13-15,19-20H,3-4,9-12,32H2,1-2H3/t15?,19-,20-. The number of alkyl halides is 3. The van der Waals surface area contributed by atoms with E-state index in [9.17, 15) is 22.0 Å². The lowest BCUT2D eigenvalue weighted by molar-refractivity contribution is -0.276. The molecule has 176 valence electrons. The summed E-state index contributed by atoms with van der Waals surface area (Å²) in [4.78, 5) is 0. The van der Waals surface area contributed by atoms with Crippen molar-refractivity contribution in [2.75, 3.05) is 7.11 Å². The normalized spacial score (nSPS) is 20.6. The summed E-state index contributed by atoms with van der Waals surface area (Å²) in [5, 5.41) is 0. The van der Waals surface area contributed by atoms with Crippen LogP contribution < -0.4 is 4.74 Å². The van der Waals surface area contributed by atoms with Crippen molar-refractivity contribution in [1.82, 2.24) is 0 Å². The number of halogens is 5. The van der Waals surface area contributed by atoms with Crippen molar-refractivity contribution in [3.63, 3.8) is 0 Å². The minimum Gasteiger partial charge on any atom is -0.399 e. The second-order valence-electron chi connectivity index (χ2n) is 8.68. The topological polar surface area (TPSA) is 18.5 Å². The summed E-state index contributed by atoms with van der Waals surface area (Å²) in [5.41, 5.74) is 3.91. The highest BCUT2D eigenvalue weighted by Gasteiger charge is 2.34. The summed E-state index contributed by atoms with van der Waals surface area (Å²) in [6.45, 7) is 2.17. The molecular weight excluding hydrogens is 443 g/mol.